The Morgan fingerprint density at radius 1 is 1.10 bits per heavy atom. The molecular weight excluding hydrogens is 262 g/mol. The molecule has 3 heteroatoms. The smallest absolute Gasteiger partial charge is 0.228 e. The highest BCUT2D eigenvalue weighted by molar-refractivity contribution is 6.00. The van der Waals surface area contributed by atoms with Crippen LogP contribution in [0.15, 0.2) is 30.3 Å². The van der Waals surface area contributed by atoms with Crippen molar-refractivity contribution in [3.8, 4) is 0 Å². The van der Waals surface area contributed by atoms with E-state index in [1.165, 1.54) is 0 Å². The van der Waals surface area contributed by atoms with Gasteiger partial charge in [0.15, 0.2) is 0 Å². The van der Waals surface area contributed by atoms with Crippen LogP contribution in [0.5, 0.6) is 0 Å². The van der Waals surface area contributed by atoms with E-state index in [4.69, 9.17) is 0 Å². The number of fused-ring (bicyclic) bond motifs is 1. The fourth-order valence-corrected chi connectivity index (χ4v) is 3.03. The Bertz CT molecular complexity index is 734. The molecule has 3 nitrogen and oxygen atoms in total. The van der Waals surface area contributed by atoms with Crippen molar-refractivity contribution in [1.29, 1.82) is 0 Å². The molecule has 1 amide bonds. The van der Waals surface area contributed by atoms with E-state index in [1.807, 2.05) is 51.1 Å². The van der Waals surface area contributed by atoms with Gasteiger partial charge < -0.3 is 10.4 Å². The number of benzene rings is 2. The molecule has 0 aliphatic carbocycles. The Morgan fingerprint density at radius 2 is 1.81 bits per heavy atom. The van der Waals surface area contributed by atoms with Crippen LogP contribution in [0.2, 0.25) is 0 Å². The molecule has 0 fully saturated rings. The maximum Gasteiger partial charge on any atom is 0.228 e. The number of anilines is 1. The van der Waals surface area contributed by atoms with Gasteiger partial charge in [-0.25, -0.2) is 0 Å². The van der Waals surface area contributed by atoms with Gasteiger partial charge in [-0.05, 0) is 60.2 Å². The lowest BCUT2D eigenvalue weighted by molar-refractivity contribution is -0.115. The van der Waals surface area contributed by atoms with Crippen LogP contribution < -0.4 is 5.32 Å². The summed E-state index contributed by atoms with van der Waals surface area (Å²) in [5, 5.41) is 13.7. The number of amides is 1. The number of aliphatic hydroxyl groups excluding tert-OH is 1. The molecule has 2 aromatic rings. The summed E-state index contributed by atoms with van der Waals surface area (Å²) >= 11 is 0. The minimum absolute atomic E-state index is 0.0232. The number of hydrogen-bond donors (Lipinski definition) is 2. The van der Waals surface area contributed by atoms with Crippen molar-refractivity contribution in [2.45, 2.75) is 33.3 Å². The third-order valence-electron chi connectivity index (χ3n) is 4.41. The van der Waals surface area contributed by atoms with E-state index in [0.29, 0.717) is 6.42 Å². The van der Waals surface area contributed by atoms with Gasteiger partial charge in [-0.1, -0.05) is 24.3 Å². The molecule has 0 spiro atoms. The van der Waals surface area contributed by atoms with Crippen molar-refractivity contribution < 1.29 is 9.90 Å². The predicted molar refractivity (Wildman–Crippen MR) is 83.5 cm³/mol. The van der Waals surface area contributed by atoms with E-state index in [2.05, 4.69) is 5.32 Å². The van der Waals surface area contributed by atoms with Gasteiger partial charge in [0.25, 0.3) is 0 Å². The van der Waals surface area contributed by atoms with Gasteiger partial charge in [-0.2, -0.15) is 0 Å². The van der Waals surface area contributed by atoms with E-state index in [1.54, 1.807) is 0 Å². The Balaban J connectivity index is 2.12. The minimum Gasteiger partial charge on any atom is -0.384 e. The van der Waals surface area contributed by atoms with Gasteiger partial charge in [0.1, 0.15) is 6.10 Å². The summed E-state index contributed by atoms with van der Waals surface area (Å²) in [7, 11) is 0. The standard InChI is InChI=1S/C18H19NO2/c1-10-6-4-5-7-14(10)18(21)15-8-13-9-16(20)19-17(13)12(3)11(15)2/h4-8,18,21H,9H2,1-3H3,(H,19,20). The number of rotatable bonds is 2. The van der Waals surface area contributed by atoms with Crippen molar-refractivity contribution >= 4 is 11.6 Å². The molecule has 21 heavy (non-hydrogen) atoms. The molecule has 1 heterocycles. The molecule has 2 aromatic carbocycles. The van der Waals surface area contributed by atoms with E-state index >= 15 is 0 Å². The summed E-state index contributed by atoms with van der Waals surface area (Å²) in [6.07, 6.45) is -0.268. The maximum absolute atomic E-state index is 11.6. The first-order valence-corrected chi connectivity index (χ1v) is 7.15. The second kappa shape index (κ2) is 5.01. The predicted octanol–water partition coefficient (Wildman–Crippen LogP) is 3.19. The zero-order valence-corrected chi connectivity index (χ0v) is 12.5. The minimum atomic E-state index is -0.661. The molecule has 1 aliphatic heterocycles. The van der Waals surface area contributed by atoms with Gasteiger partial charge in [0.05, 0.1) is 6.42 Å². The van der Waals surface area contributed by atoms with Gasteiger partial charge in [-0.15, -0.1) is 0 Å². The molecule has 1 aliphatic rings. The van der Waals surface area contributed by atoms with Gasteiger partial charge in [0, 0.05) is 5.69 Å². The zero-order chi connectivity index (χ0) is 15.1. The maximum atomic E-state index is 11.6. The average Bonchev–Trinajstić information content (AvgIpc) is 2.83. The van der Waals surface area contributed by atoms with E-state index < -0.39 is 6.10 Å². The molecule has 0 saturated carbocycles. The normalized spacial score (nSPS) is 14.8. The first-order chi connectivity index (χ1) is 9.99. The number of nitrogens with one attached hydrogen (secondary N) is 1. The highest BCUT2D eigenvalue weighted by Gasteiger charge is 2.25. The van der Waals surface area contributed by atoms with Gasteiger partial charge in [0.2, 0.25) is 5.91 Å². The van der Waals surface area contributed by atoms with Gasteiger partial charge in [-0.3, -0.25) is 4.79 Å². The fourth-order valence-electron chi connectivity index (χ4n) is 3.03. The lowest BCUT2D eigenvalue weighted by Gasteiger charge is -2.19. The number of aryl methyl sites for hydroxylation is 1. The summed E-state index contributed by atoms with van der Waals surface area (Å²) in [5.41, 5.74) is 6.84. The summed E-state index contributed by atoms with van der Waals surface area (Å²) < 4.78 is 0. The van der Waals surface area contributed by atoms with Gasteiger partial charge >= 0.3 is 0 Å². The highest BCUT2D eigenvalue weighted by Crippen LogP contribution is 2.36. The molecule has 3 rings (SSSR count). The second-order valence-corrected chi connectivity index (χ2v) is 5.73. The molecular formula is C18H19NO2. The molecule has 0 bridgehead atoms. The number of carbonyl (C=O) groups excluding carboxylic acids is 1. The third kappa shape index (κ3) is 2.24. The quantitative estimate of drug-likeness (QED) is 0.888. The summed E-state index contributed by atoms with van der Waals surface area (Å²) in [4.78, 5) is 11.6. The SMILES string of the molecule is Cc1ccccc1C(O)c1cc2c(c(C)c1C)NC(=O)C2. The van der Waals surface area contributed by atoms with E-state index in [0.717, 1.165) is 39.1 Å². The molecule has 2 N–H and O–H groups in total. The first kappa shape index (κ1) is 13.8. The topological polar surface area (TPSA) is 49.3 Å². The Labute approximate surface area is 124 Å². The lowest BCUT2D eigenvalue weighted by Crippen LogP contribution is -2.07. The van der Waals surface area contributed by atoms with Crippen molar-refractivity contribution in [1.82, 2.24) is 0 Å². The fraction of sp³-hybridized carbons (Fsp3) is 0.278. The molecule has 1 unspecified atom stereocenters. The summed E-state index contributed by atoms with van der Waals surface area (Å²) in [6, 6.07) is 9.82. The van der Waals surface area contributed by atoms with Crippen molar-refractivity contribution in [3.63, 3.8) is 0 Å². The number of aliphatic hydroxyl groups is 1. The zero-order valence-electron chi connectivity index (χ0n) is 12.5. The van der Waals surface area contributed by atoms with Crippen molar-refractivity contribution in [2.75, 3.05) is 5.32 Å². The van der Waals surface area contributed by atoms with Crippen LogP contribution in [0.25, 0.3) is 0 Å². The average molecular weight is 281 g/mol. The van der Waals surface area contributed by atoms with Crippen molar-refractivity contribution in [3.05, 3.63) is 63.7 Å². The molecule has 1 atom stereocenters. The van der Waals surface area contributed by atoms with Crippen LogP contribution >= 0.6 is 0 Å². The molecule has 0 saturated heterocycles. The van der Waals surface area contributed by atoms with Crippen LogP contribution in [-0.4, -0.2) is 11.0 Å². The lowest BCUT2D eigenvalue weighted by atomic mass is 9.90. The van der Waals surface area contributed by atoms with Crippen LogP contribution in [-0.2, 0) is 11.2 Å². The molecule has 108 valence electrons. The number of carbonyl (C=O) groups is 1. The summed E-state index contributed by atoms with van der Waals surface area (Å²) in [6.45, 7) is 5.99. The molecule has 0 aromatic heterocycles. The van der Waals surface area contributed by atoms with Crippen molar-refractivity contribution in [2.24, 2.45) is 0 Å². The van der Waals surface area contributed by atoms with Crippen LogP contribution in [0.3, 0.4) is 0 Å². The largest absolute Gasteiger partial charge is 0.384 e. The Kier molecular flexibility index (Phi) is 3.30. The Morgan fingerprint density at radius 3 is 2.52 bits per heavy atom. The number of hydrogen-bond acceptors (Lipinski definition) is 2. The van der Waals surface area contributed by atoms with Crippen LogP contribution in [0.1, 0.15) is 39.5 Å². The Hall–Kier alpha value is -2.13. The first-order valence-electron chi connectivity index (χ1n) is 7.15. The summed E-state index contributed by atoms with van der Waals surface area (Å²) in [5.74, 6) is 0.0232. The van der Waals surface area contributed by atoms with Crippen LogP contribution in [0.4, 0.5) is 5.69 Å². The van der Waals surface area contributed by atoms with E-state index in [9.17, 15) is 9.90 Å². The van der Waals surface area contributed by atoms with E-state index in [-0.39, 0.29) is 5.91 Å². The van der Waals surface area contributed by atoms with Crippen LogP contribution in [0, 0.1) is 20.8 Å². The monoisotopic (exact) mass is 281 g/mol. The third-order valence-corrected chi connectivity index (χ3v) is 4.41. The molecule has 0 radical (unpaired) electrons. The second-order valence-electron chi connectivity index (χ2n) is 5.73. The highest BCUT2D eigenvalue weighted by atomic mass is 16.3.